The fourth-order valence-corrected chi connectivity index (χ4v) is 1.79. The van der Waals surface area contributed by atoms with E-state index in [4.69, 9.17) is 0 Å². The van der Waals surface area contributed by atoms with Gasteiger partial charge in [0.2, 0.25) is 0 Å². The van der Waals surface area contributed by atoms with Crippen LogP contribution in [0.5, 0.6) is 0 Å². The Morgan fingerprint density at radius 1 is 1.55 bits per heavy atom. The maximum Gasteiger partial charge on any atom is 0.266 e. The lowest BCUT2D eigenvalue weighted by molar-refractivity contribution is -0.419. The third-order valence-electron chi connectivity index (χ3n) is 1.56. The van der Waals surface area contributed by atoms with E-state index in [-0.39, 0.29) is 23.0 Å². The fraction of sp³-hybridized carbons (Fsp3) is 0.333. The Bertz CT molecular complexity index is 251. The summed E-state index contributed by atoms with van der Waals surface area (Å²) in [4.78, 5) is 9.85. The van der Waals surface area contributed by atoms with Crippen molar-refractivity contribution in [3.63, 3.8) is 0 Å². The number of hydrogen-bond acceptors (Lipinski definition) is 3. The van der Waals surface area contributed by atoms with Crippen LogP contribution >= 0.6 is 24.2 Å². The number of thioether (sulfide) groups is 1. The van der Waals surface area contributed by atoms with Crippen LogP contribution in [0.25, 0.3) is 0 Å². The monoisotopic (exact) mass is 191 g/mol. The summed E-state index contributed by atoms with van der Waals surface area (Å²) in [5.41, 5.74) is 0.242. The number of nitro groups is 1. The number of nitrogens with zero attached hydrogens (tertiary/aromatic N) is 1. The Kier molecular flexibility index (Phi) is 2.25. The van der Waals surface area contributed by atoms with Crippen molar-refractivity contribution in [3.8, 4) is 0 Å². The second-order valence-corrected chi connectivity index (χ2v) is 3.63. The number of rotatable bonds is 1. The van der Waals surface area contributed by atoms with Crippen molar-refractivity contribution >= 4 is 24.2 Å². The normalized spacial score (nSPS) is 31.5. The molecule has 0 aromatic carbocycles. The second kappa shape index (κ2) is 2.87. The maximum atomic E-state index is 10.2. The Morgan fingerprint density at radius 2 is 2.27 bits per heavy atom. The van der Waals surface area contributed by atoms with E-state index in [1.165, 1.54) is 0 Å². The van der Waals surface area contributed by atoms with Crippen LogP contribution in [-0.2, 0) is 0 Å². The summed E-state index contributed by atoms with van der Waals surface area (Å²) < 4.78 is 0. The van der Waals surface area contributed by atoms with E-state index >= 15 is 0 Å². The van der Waals surface area contributed by atoms with Crippen molar-refractivity contribution in [2.75, 3.05) is 0 Å². The van der Waals surface area contributed by atoms with Crippen molar-refractivity contribution in [2.24, 2.45) is 0 Å². The van der Waals surface area contributed by atoms with Gasteiger partial charge in [-0.3, -0.25) is 10.1 Å². The van der Waals surface area contributed by atoms with E-state index in [0.717, 1.165) is 0 Å². The highest BCUT2D eigenvalue weighted by molar-refractivity contribution is 8.08. The highest BCUT2D eigenvalue weighted by atomic mass is 35.5. The lowest BCUT2D eigenvalue weighted by Crippen LogP contribution is -2.02. The average molecular weight is 192 g/mol. The first-order valence-electron chi connectivity index (χ1n) is 2.97. The van der Waals surface area contributed by atoms with Crippen LogP contribution < -0.4 is 0 Å². The van der Waals surface area contributed by atoms with Crippen molar-refractivity contribution in [1.29, 1.82) is 0 Å². The van der Waals surface area contributed by atoms with Gasteiger partial charge >= 0.3 is 0 Å². The molecule has 0 radical (unpaired) electrons. The van der Waals surface area contributed by atoms with Gasteiger partial charge in [0.1, 0.15) is 0 Å². The van der Waals surface area contributed by atoms with E-state index < -0.39 is 0 Å². The summed E-state index contributed by atoms with van der Waals surface area (Å²) in [6, 6.07) is 0. The second-order valence-electron chi connectivity index (χ2n) is 2.27. The molecule has 0 N–H and O–H groups in total. The third kappa shape index (κ3) is 1.57. The van der Waals surface area contributed by atoms with Gasteiger partial charge in [0, 0.05) is 22.7 Å². The zero-order valence-corrected chi connectivity index (χ0v) is 7.10. The third-order valence-corrected chi connectivity index (χ3v) is 2.76. The average Bonchev–Trinajstić information content (AvgIpc) is 2.63. The summed E-state index contributed by atoms with van der Waals surface area (Å²) in [6.45, 7) is 0. The van der Waals surface area contributed by atoms with E-state index in [9.17, 15) is 10.1 Å². The van der Waals surface area contributed by atoms with Gasteiger partial charge in [0.25, 0.3) is 5.70 Å². The highest BCUT2D eigenvalue weighted by Gasteiger charge is 2.38. The van der Waals surface area contributed by atoms with E-state index in [1.54, 1.807) is 23.9 Å². The van der Waals surface area contributed by atoms with E-state index in [0.29, 0.717) is 10.5 Å². The van der Waals surface area contributed by atoms with Crippen LogP contribution in [0.4, 0.5) is 0 Å². The zero-order chi connectivity index (χ0) is 7.14. The quantitative estimate of drug-likeness (QED) is 0.359. The van der Waals surface area contributed by atoms with Gasteiger partial charge in [-0.1, -0.05) is 6.08 Å². The van der Waals surface area contributed by atoms with E-state index in [1.807, 2.05) is 6.08 Å². The number of hydrogen-bond donors (Lipinski definition) is 0. The molecule has 1 heterocycles. The minimum absolute atomic E-state index is 0. The lowest BCUT2D eigenvalue weighted by Gasteiger charge is -1.93. The molecular weight excluding hydrogens is 186 g/mol. The molecule has 0 saturated carbocycles. The summed E-state index contributed by atoms with van der Waals surface area (Å²) in [5, 5.41) is 11.1. The molecule has 2 atom stereocenters. The van der Waals surface area contributed by atoms with Crippen molar-refractivity contribution < 1.29 is 4.92 Å². The summed E-state index contributed by atoms with van der Waals surface area (Å²) in [5.74, 6) is 0. The van der Waals surface area contributed by atoms with Gasteiger partial charge in [-0.2, -0.15) is 0 Å². The van der Waals surface area contributed by atoms with Crippen LogP contribution in [0.3, 0.4) is 0 Å². The van der Waals surface area contributed by atoms with Gasteiger partial charge in [-0.25, -0.2) is 0 Å². The molecular formula is C6H6ClNO2S. The zero-order valence-electron chi connectivity index (χ0n) is 5.47. The van der Waals surface area contributed by atoms with Crippen LogP contribution in [-0.4, -0.2) is 15.4 Å². The Hall–Kier alpha value is -0.480. The Labute approximate surface area is 74.1 Å². The van der Waals surface area contributed by atoms with Gasteiger partial charge in [0.05, 0.1) is 4.92 Å². The predicted molar refractivity (Wildman–Crippen MR) is 46.6 cm³/mol. The molecule has 1 aliphatic heterocycles. The van der Waals surface area contributed by atoms with Gasteiger partial charge in [0.15, 0.2) is 0 Å². The molecule has 0 aromatic heterocycles. The van der Waals surface area contributed by atoms with Crippen LogP contribution in [0.2, 0.25) is 0 Å². The minimum atomic E-state index is -0.342. The molecule has 1 aliphatic carbocycles. The topological polar surface area (TPSA) is 43.1 Å². The first-order chi connectivity index (χ1) is 4.77. The van der Waals surface area contributed by atoms with Crippen LogP contribution in [0.1, 0.15) is 0 Å². The minimum Gasteiger partial charge on any atom is -0.258 e. The number of allylic oxidation sites excluding steroid dienone is 1. The molecule has 1 saturated heterocycles. The smallest absolute Gasteiger partial charge is 0.258 e. The fourth-order valence-electron chi connectivity index (χ4n) is 0.964. The molecule has 60 valence electrons. The molecule has 0 amide bonds. The van der Waals surface area contributed by atoms with E-state index in [2.05, 4.69) is 0 Å². The summed E-state index contributed by atoms with van der Waals surface area (Å²) in [7, 11) is 0. The molecule has 0 bridgehead atoms. The Balaban J connectivity index is 0.000000605. The van der Waals surface area contributed by atoms with Crippen LogP contribution in [0, 0.1) is 10.1 Å². The highest BCUT2D eigenvalue weighted by Crippen LogP contribution is 2.46. The van der Waals surface area contributed by atoms with Crippen molar-refractivity contribution in [1.82, 2.24) is 0 Å². The van der Waals surface area contributed by atoms with Gasteiger partial charge < -0.3 is 0 Å². The molecule has 3 nitrogen and oxygen atoms in total. The number of fused-ring (bicyclic) bond motifs is 1. The molecule has 5 heteroatoms. The number of halogens is 1. The lowest BCUT2D eigenvalue weighted by atomic mass is 10.2. The maximum absolute atomic E-state index is 10.2. The molecule has 0 spiro atoms. The van der Waals surface area contributed by atoms with Crippen molar-refractivity contribution in [2.45, 2.75) is 10.5 Å². The first-order valence-corrected chi connectivity index (χ1v) is 3.91. The molecule has 1 fully saturated rings. The largest absolute Gasteiger partial charge is 0.266 e. The molecule has 2 rings (SSSR count). The van der Waals surface area contributed by atoms with Gasteiger partial charge in [-0.15, -0.1) is 24.2 Å². The molecule has 0 aromatic rings. The molecule has 11 heavy (non-hydrogen) atoms. The van der Waals surface area contributed by atoms with Crippen LogP contribution in [0.15, 0.2) is 23.9 Å². The molecule has 2 unspecified atom stereocenters. The standard InChI is InChI=1S/C6H5NO2S.ClH/c8-7(9)4-1-2-5-6(3-4)10-5;/h1-3,5-6H;1H. The summed E-state index contributed by atoms with van der Waals surface area (Å²) in [6.07, 6.45) is 5.20. The predicted octanol–water partition coefficient (Wildman–Crippen LogP) is 1.62. The molecule has 2 aliphatic rings. The van der Waals surface area contributed by atoms with Crippen molar-refractivity contribution in [3.05, 3.63) is 34.0 Å². The summed E-state index contributed by atoms with van der Waals surface area (Å²) >= 11 is 1.75. The SMILES string of the molecule is Cl.O=[N+]([O-])C1=CC2SC2C=C1. The first kappa shape index (κ1) is 8.62. The Morgan fingerprint density at radius 3 is 2.82 bits per heavy atom. The van der Waals surface area contributed by atoms with Gasteiger partial charge in [-0.05, 0) is 0 Å².